The molecule has 0 aromatic carbocycles. The molecule has 68 valence electrons. The first kappa shape index (κ1) is 9.26. The molecule has 0 aliphatic carbocycles. The molecule has 0 radical (unpaired) electrons. The van der Waals surface area contributed by atoms with Crippen LogP contribution in [0.25, 0.3) is 0 Å². The molecule has 0 atom stereocenters. The molecule has 0 saturated carbocycles. The van der Waals surface area contributed by atoms with Crippen LogP contribution in [-0.2, 0) is 11.8 Å². The number of amides is 1. The summed E-state index contributed by atoms with van der Waals surface area (Å²) in [7, 11) is 1.72. The zero-order valence-corrected chi connectivity index (χ0v) is 7.75. The molecule has 0 saturated heterocycles. The summed E-state index contributed by atoms with van der Waals surface area (Å²) in [6, 6.07) is 1.99. The Morgan fingerprint density at radius 2 is 2.31 bits per heavy atom. The highest BCUT2D eigenvalue weighted by Gasteiger charge is 2.12. The number of hydrogen-bond acceptors (Lipinski definition) is 3. The van der Waals surface area contributed by atoms with Gasteiger partial charge in [-0.15, -0.1) is 0 Å². The minimum atomic E-state index is -0.227. The fourth-order valence-electron chi connectivity index (χ4n) is 0.996. The predicted molar refractivity (Wildman–Crippen MR) is 47.0 cm³/mol. The fraction of sp³-hybridized carbons (Fsp3) is 0.375. The van der Waals surface area contributed by atoms with Gasteiger partial charge in [0.05, 0.1) is 5.69 Å². The van der Waals surface area contributed by atoms with E-state index in [-0.39, 0.29) is 5.91 Å². The highest BCUT2D eigenvalue weighted by Crippen LogP contribution is 2.15. The second-order valence-electron chi connectivity index (χ2n) is 2.73. The minimum Gasteiger partial charge on any atom is -0.308 e. The molecule has 13 heavy (non-hydrogen) atoms. The number of nitriles is 1. The second kappa shape index (κ2) is 3.27. The number of anilines is 1. The second-order valence-corrected chi connectivity index (χ2v) is 2.73. The Bertz CT molecular complexity index is 386. The zero-order chi connectivity index (χ0) is 10.0. The third kappa shape index (κ3) is 1.67. The van der Waals surface area contributed by atoms with Crippen molar-refractivity contribution in [2.75, 3.05) is 5.32 Å². The maximum absolute atomic E-state index is 10.7. The molecule has 0 unspecified atom stereocenters. The Balaban J connectivity index is 3.15. The molecule has 0 aliphatic rings. The Labute approximate surface area is 76.0 Å². The van der Waals surface area contributed by atoms with Gasteiger partial charge in [-0.3, -0.25) is 9.48 Å². The first-order chi connectivity index (χ1) is 6.06. The van der Waals surface area contributed by atoms with E-state index in [9.17, 15) is 4.79 Å². The van der Waals surface area contributed by atoms with E-state index in [1.807, 2.05) is 6.07 Å². The van der Waals surface area contributed by atoms with E-state index in [1.165, 1.54) is 6.92 Å². The van der Waals surface area contributed by atoms with Gasteiger partial charge in [-0.25, -0.2) is 0 Å². The van der Waals surface area contributed by atoms with Gasteiger partial charge in [0, 0.05) is 14.0 Å². The number of rotatable bonds is 1. The Morgan fingerprint density at radius 1 is 1.69 bits per heavy atom. The molecule has 0 bridgehead atoms. The van der Waals surface area contributed by atoms with Gasteiger partial charge in [0.2, 0.25) is 5.91 Å². The van der Waals surface area contributed by atoms with Crippen LogP contribution in [0.4, 0.5) is 5.82 Å². The smallest absolute Gasteiger partial charge is 0.222 e. The topological polar surface area (TPSA) is 70.7 Å². The van der Waals surface area contributed by atoms with Crippen molar-refractivity contribution in [2.24, 2.45) is 7.05 Å². The lowest BCUT2D eigenvalue weighted by atomic mass is 10.2. The highest BCUT2D eigenvalue weighted by atomic mass is 16.1. The van der Waals surface area contributed by atoms with Crippen LogP contribution in [0.2, 0.25) is 0 Å². The standard InChI is InChI=1S/C8H10N4O/c1-5-7(4-9)8(10-6(2)13)11-12(5)3/h1-3H3,(H,10,11,13). The van der Waals surface area contributed by atoms with Crippen molar-refractivity contribution in [3.8, 4) is 6.07 Å². The van der Waals surface area contributed by atoms with E-state index in [0.717, 1.165) is 5.69 Å². The first-order valence-corrected chi connectivity index (χ1v) is 3.77. The molecule has 5 nitrogen and oxygen atoms in total. The third-order valence-electron chi connectivity index (χ3n) is 1.74. The largest absolute Gasteiger partial charge is 0.308 e. The van der Waals surface area contributed by atoms with Crippen molar-refractivity contribution in [1.82, 2.24) is 9.78 Å². The maximum atomic E-state index is 10.7. The van der Waals surface area contributed by atoms with Crippen molar-refractivity contribution in [3.63, 3.8) is 0 Å². The van der Waals surface area contributed by atoms with Gasteiger partial charge in [0.25, 0.3) is 0 Å². The summed E-state index contributed by atoms with van der Waals surface area (Å²) in [6.07, 6.45) is 0. The van der Waals surface area contributed by atoms with E-state index in [0.29, 0.717) is 11.4 Å². The molecule has 1 aromatic rings. The molecule has 1 aromatic heterocycles. The molecule has 0 spiro atoms. The lowest BCUT2D eigenvalue weighted by Gasteiger charge is -1.94. The van der Waals surface area contributed by atoms with Crippen LogP contribution < -0.4 is 5.32 Å². The average molecular weight is 178 g/mol. The van der Waals surface area contributed by atoms with Crippen LogP contribution >= 0.6 is 0 Å². The monoisotopic (exact) mass is 178 g/mol. The fourth-order valence-corrected chi connectivity index (χ4v) is 0.996. The van der Waals surface area contributed by atoms with Gasteiger partial charge in [-0.2, -0.15) is 10.4 Å². The summed E-state index contributed by atoms with van der Waals surface area (Å²) < 4.78 is 1.56. The zero-order valence-electron chi connectivity index (χ0n) is 7.75. The van der Waals surface area contributed by atoms with E-state index >= 15 is 0 Å². The molecule has 1 amide bonds. The SMILES string of the molecule is CC(=O)Nc1nn(C)c(C)c1C#N. The van der Waals surface area contributed by atoms with Crippen molar-refractivity contribution in [1.29, 1.82) is 5.26 Å². The summed E-state index contributed by atoms with van der Waals surface area (Å²) in [5.41, 5.74) is 1.16. The number of hydrogen-bond donors (Lipinski definition) is 1. The van der Waals surface area contributed by atoms with Crippen LogP contribution in [0.5, 0.6) is 0 Å². The molecule has 0 fully saturated rings. The Hall–Kier alpha value is -1.83. The lowest BCUT2D eigenvalue weighted by molar-refractivity contribution is -0.114. The van der Waals surface area contributed by atoms with Gasteiger partial charge in [0.15, 0.2) is 5.82 Å². The van der Waals surface area contributed by atoms with E-state index < -0.39 is 0 Å². The number of nitrogens with zero attached hydrogens (tertiary/aromatic N) is 3. The minimum absolute atomic E-state index is 0.227. The summed E-state index contributed by atoms with van der Waals surface area (Å²) in [6.45, 7) is 3.15. The molecule has 0 aliphatic heterocycles. The van der Waals surface area contributed by atoms with Crippen LogP contribution in [0.3, 0.4) is 0 Å². The summed E-state index contributed by atoms with van der Waals surface area (Å²) >= 11 is 0. The van der Waals surface area contributed by atoms with Gasteiger partial charge in [-0.05, 0) is 6.92 Å². The molecule has 1 N–H and O–H groups in total. The maximum Gasteiger partial charge on any atom is 0.222 e. The molecular formula is C8H10N4O. The van der Waals surface area contributed by atoms with Crippen LogP contribution in [-0.4, -0.2) is 15.7 Å². The number of aromatic nitrogens is 2. The Morgan fingerprint density at radius 3 is 2.77 bits per heavy atom. The van der Waals surface area contributed by atoms with Crippen molar-refractivity contribution < 1.29 is 4.79 Å². The van der Waals surface area contributed by atoms with Gasteiger partial charge >= 0.3 is 0 Å². The van der Waals surface area contributed by atoms with Gasteiger partial charge in [0.1, 0.15) is 11.6 Å². The number of nitrogens with one attached hydrogen (secondary N) is 1. The number of carbonyl (C=O) groups excluding carboxylic acids is 1. The predicted octanol–water partition coefficient (Wildman–Crippen LogP) is 0.559. The first-order valence-electron chi connectivity index (χ1n) is 3.77. The third-order valence-corrected chi connectivity index (χ3v) is 1.74. The highest BCUT2D eigenvalue weighted by molar-refractivity contribution is 5.89. The molecule has 1 rings (SSSR count). The van der Waals surface area contributed by atoms with E-state index in [4.69, 9.17) is 5.26 Å². The van der Waals surface area contributed by atoms with Crippen LogP contribution in [0.15, 0.2) is 0 Å². The van der Waals surface area contributed by atoms with Crippen molar-refractivity contribution >= 4 is 11.7 Å². The molecule has 5 heteroatoms. The van der Waals surface area contributed by atoms with Gasteiger partial charge in [-0.1, -0.05) is 0 Å². The summed E-state index contributed by atoms with van der Waals surface area (Å²) in [5.74, 6) is 0.101. The van der Waals surface area contributed by atoms with Crippen LogP contribution in [0.1, 0.15) is 18.2 Å². The quantitative estimate of drug-likeness (QED) is 0.683. The number of aryl methyl sites for hydroxylation is 1. The summed E-state index contributed by atoms with van der Waals surface area (Å²) in [4.78, 5) is 10.7. The average Bonchev–Trinajstić information content (AvgIpc) is 2.27. The number of carbonyl (C=O) groups is 1. The molecule has 1 heterocycles. The van der Waals surface area contributed by atoms with Crippen LogP contribution in [0, 0.1) is 18.3 Å². The van der Waals surface area contributed by atoms with E-state index in [2.05, 4.69) is 10.4 Å². The normalized spacial score (nSPS) is 9.38. The van der Waals surface area contributed by atoms with Gasteiger partial charge < -0.3 is 5.32 Å². The Kier molecular flexibility index (Phi) is 2.33. The lowest BCUT2D eigenvalue weighted by Crippen LogP contribution is -2.07. The summed E-state index contributed by atoms with van der Waals surface area (Å²) in [5, 5.41) is 15.2. The van der Waals surface area contributed by atoms with Crippen molar-refractivity contribution in [3.05, 3.63) is 11.3 Å². The molecular weight excluding hydrogens is 168 g/mol. The van der Waals surface area contributed by atoms with E-state index in [1.54, 1.807) is 18.7 Å². The van der Waals surface area contributed by atoms with Crippen molar-refractivity contribution in [2.45, 2.75) is 13.8 Å².